The molecule has 5 atom stereocenters. The van der Waals surface area contributed by atoms with Crippen LogP contribution in [0.4, 0.5) is 43.4 Å². The Morgan fingerprint density at radius 2 is 0.759 bits per heavy atom. The van der Waals surface area contributed by atoms with E-state index in [-0.39, 0.29) is 36.1 Å². The highest BCUT2D eigenvalue weighted by molar-refractivity contribution is 7.93. The van der Waals surface area contributed by atoms with E-state index in [1.54, 1.807) is 0 Å². The van der Waals surface area contributed by atoms with Crippen LogP contribution in [0.25, 0.3) is 34.2 Å². The SMILES string of the molecule is CSF.O=C1CCCC1n1nnc(-c2ccccc2Cc2ccc(C(F)(F)F)cc2)n1.OC1CCCC1n1nnc(-c2ccccc2Cc2ccc(C(F)(F)F)cc2)n1.O[C@H]1CCC[C@@H]1n1nnc(-c2ccccc2Cc2ccc(C(F)(F)F)cc2)n1. The Hall–Kier alpha value is -8.23. The van der Waals surface area contributed by atoms with Gasteiger partial charge in [0.2, 0.25) is 17.5 Å². The van der Waals surface area contributed by atoms with Gasteiger partial charge in [0, 0.05) is 41.5 Å². The summed E-state index contributed by atoms with van der Waals surface area (Å²) >= 11 is 0.250. The minimum Gasteiger partial charge on any atom is -0.391 e. The van der Waals surface area contributed by atoms with Crippen LogP contribution in [0.1, 0.15) is 126 Å². The van der Waals surface area contributed by atoms with Crippen LogP contribution < -0.4 is 0 Å². The lowest BCUT2D eigenvalue weighted by molar-refractivity contribution is -0.138. The third-order valence-electron chi connectivity index (χ3n) is 15.1. The lowest BCUT2D eigenvalue weighted by atomic mass is 9.98. The van der Waals surface area contributed by atoms with Gasteiger partial charge in [0.25, 0.3) is 0 Å². The van der Waals surface area contributed by atoms with Gasteiger partial charge < -0.3 is 10.2 Å². The predicted octanol–water partition coefficient (Wildman–Crippen LogP) is 13.5. The first-order valence-electron chi connectivity index (χ1n) is 27.8. The molecular weight excluding hydrogens is 1170 g/mol. The van der Waals surface area contributed by atoms with Crippen molar-refractivity contribution in [2.45, 2.75) is 126 Å². The lowest BCUT2D eigenvalue weighted by Crippen LogP contribution is -2.20. The Balaban J connectivity index is 0.000000152. The van der Waals surface area contributed by atoms with Gasteiger partial charge in [-0.3, -0.25) is 4.79 Å². The highest BCUT2D eigenvalue weighted by Crippen LogP contribution is 2.36. The fraction of sp³-hybridized carbons (Fsp3) is 0.344. The van der Waals surface area contributed by atoms with Crippen molar-refractivity contribution in [2.24, 2.45) is 0 Å². The van der Waals surface area contributed by atoms with Crippen molar-refractivity contribution in [3.05, 3.63) is 196 Å². The van der Waals surface area contributed by atoms with Gasteiger partial charge in [0.15, 0.2) is 5.78 Å². The molecule has 3 saturated carbocycles. The van der Waals surface area contributed by atoms with Crippen LogP contribution in [0.15, 0.2) is 146 Å². The van der Waals surface area contributed by atoms with E-state index in [0.717, 1.165) is 131 Å². The maximum atomic E-state index is 12.7. The molecular formula is C61H58F10N12O3S. The average Bonchev–Trinajstić information content (AvgIpc) is 3.25. The van der Waals surface area contributed by atoms with Gasteiger partial charge in [-0.15, -0.1) is 30.6 Å². The summed E-state index contributed by atoms with van der Waals surface area (Å²) in [7, 11) is 0. The zero-order chi connectivity index (χ0) is 61.9. The van der Waals surface area contributed by atoms with Gasteiger partial charge in [0.05, 0.1) is 41.0 Å². The summed E-state index contributed by atoms with van der Waals surface area (Å²) in [6.07, 6.45) is -4.27. The van der Waals surface area contributed by atoms with E-state index in [1.165, 1.54) is 57.0 Å². The number of hydrogen-bond acceptors (Lipinski definition) is 13. The number of hydrogen-bond donors (Lipinski definition) is 2. The number of halogens is 10. The van der Waals surface area contributed by atoms with Gasteiger partial charge in [0.1, 0.15) is 6.04 Å². The fourth-order valence-corrected chi connectivity index (χ4v) is 10.6. The minimum absolute atomic E-state index is 0.113. The van der Waals surface area contributed by atoms with Crippen LogP contribution >= 0.6 is 12.1 Å². The second-order valence-corrected chi connectivity index (χ2v) is 21.4. The summed E-state index contributed by atoms with van der Waals surface area (Å²) in [5.74, 6) is 1.41. The molecule has 0 bridgehead atoms. The lowest BCUT2D eigenvalue weighted by Gasteiger charge is -2.12. The van der Waals surface area contributed by atoms with Crippen molar-refractivity contribution in [3.63, 3.8) is 0 Å². The zero-order valence-corrected chi connectivity index (χ0v) is 47.4. The smallest absolute Gasteiger partial charge is 0.391 e. The van der Waals surface area contributed by atoms with E-state index in [4.69, 9.17) is 0 Å². The topological polar surface area (TPSA) is 188 Å². The molecule has 6 aromatic carbocycles. The Labute approximate surface area is 497 Å². The second kappa shape index (κ2) is 28.1. The first kappa shape index (κ1) is 63.3. The largest absolute Gasteiger partial charge is 0.416 e. The summed E-state index contributed by atoms with van der Waals surface area (Å²) in [5, 5.41) is 58.0. The number of Topliss-reactive ketones (excluding diaryl/α,β-unsaturated/α-hetero) is 1. The van der Waals surface area contributed by atoms with Gasteiger partial charge in [-0.2, -0.15) is 57.8 Å². The molecule has 3 unspecified atom stereocenters. The van der Waals surface area contributed by atoms with Crippen LogP contribution in [0.2, 0.25) is 0 Å². The number of nitrogens with zero attached hydrogens (tertiary/aromatic N) is 12. The van der Waals surface area contributed by atoms with E-state index in [2.05, 4.69) is 46.2 Å². The fourth-order valence-electron chi connectivity index (χ4n) is 10.6. The molecule has 0 radical (unpaired) electrons. The van der Waals surface area contributed by atoms with Crippen molar-refractivity contribution < 1.29 is 58.4 Å². The van der Waals surface area contributed by atoms with Gasteiger partial charge >= 0.3 is 18.5 Å². The summed E-state index contributed by atoms with van der Waals surface area (Å²) in [4.78, 5) is 16.2. The summed E-state index contributed by atoms with van der Waals surface area (Å²) < 4.78 is 125. The normalized spacial score (nSPS) is 18.5. The number of benzene rings is 6. The number of carbonyl (C=O) groups excluding carboxylic acids is 1. The van der Waals surface area contributed by atoms with Gasteiger partial charge in [-0.05, 0) is 156 Å². The predicted molar refractivity (Wildman–Crippen MR) is 303 cm³/mol. The third-order valence-corrected chi connectivity index (χ3v) is 15.1. The van der Waals surface area contributed by atoms with E-state index in [0.29, 0.717) is 49.6 Å². The average molecular weight is 1230 g/mol. The molecule has 0 saturated heterocycles. The molecule has 3 aromatic heterocycles. The number of tetrazole rings is 3. The zero-order valence-electron chi connectivity index (χ0n) is 46.6. The molecule has 0 spiro atoms. The number of carbonyl (C=O) groups is 1. The molecule has 2 N–H and O–H groups in total. The van der Waals surface area contributed by atoms with Crippen LogP contribution in [0.5, 0.6) is 0 Å². The van der Waals surface area contributed by atoms with E-state index in [1.807, 2.05) is 72.8 Å². The van der Waals surface area contributed by atoms with Crippen LogP contribution in [0, 0.1) is 0 Å². The van der Waals surface area contributed by atoms with Crippen molar-refractivity contribution in [2.75, 3.05) is 6.26 Å². The van der Waals surface area contributed by atoms with E-state index in [9.17, 15) is 58.4 Å². The van der Waals surface area contributed by atoms with Crippen LogP contribution in [-0.4, -0.2) is 95.1 Å². The number of aromatic nitrogens is 12. The molecule has 9 aromatic rings. The molecule has 456 valence electrons. The summed E-state index contributed by atoms with van der Waals surface area (Å²) in [5.41, 5.74) is 5.25. The Kier molecular flexibility index (Phi) is 20.4. The molecule has 0 amide bonds. The minimum atomic E-state index is -4.35. The maximum absolute atomic E-state index is 12.7. The molecule has 87 heavy (non-hydrogen) atoms. The molecule has 0 aliphatic heterocycles. The highest BCUT2D eigenvalue weighted by atomic mass is 32.2. The molecule has 3 aliphatic carbocycles. The van der Waals surface area contributed by atoms with Crippen molar-refractivity contribution in [1.29, 1.82) is 0 Å². The van der Waals surface area contributed by atoms with Crippen molar-refractivity contribution in [3.8, 4) is 34.2 Å². The third kappa shape index (κ3) is 16.2. The number of alkyl halides is 9. The van der Waals surface area contributed by atoms with Crippen LogP contribution in [0.3, 0.4) is 0 Å². The number of rotatable bonds is 12. The molecule has 15 nitrogen and oxygen atoms in total. The van der Waals surface area contributed by atoms with Crippen molar-refractivity contribution >= 4 is 17.9 Å². The van der Waals surface area contributed by atoms with E-state index >= 15 is 0 Å². The number of ketones is 1. The van der Waals surface area contributed by atoms with Gasteiger partial charge in [-0.1, -0.05) is 109 Å². The monoisotopic (exact) mass is 1230 g/mol. The number of aliphatic hydroxyl groups is 2. The molecule has 3 heterocycles. The Morgan fingerprint density at radius 3 is 1.05 bits per heavy atom. The van der Waals surface area contributed by atoms with E-state index < -0.39 is 47.4 Å². The molecule has 3 aliphatic rings. The Morgan fingerprint density at radius 1 is 0.448 bits per heavy atom. The van der Waals surface area contributed by atoms with Crippen LogP contribution in [-0.2, 0) is 42.6 Å². The number of aliphatic hydroxyl groups excluding tert-OH is 2. The highest BCUT2D eigenvalue weighted by Gasteiger charge is 2.34. The second-order valence-electron chi connectivity index (χ2n) is 21.0. The standard InChI is InChI=1S/2C20H19F3N4O.C20H17F3N4O.CH3FS/c3*21-20(22,23)15-10-8-13(9-11-15)12-14-4-1-2-5-16(14)19-24-26-27(25-19)17-6-3-7-18(17)28;1-3-2/h2*1-2,4-5,8-11,17-18,28H,3,6-7,12H2;1-2,4-5,8-11,17H,3,6-7,12H2;1H3/t17-,18-;;;/m0.../s1. The molecule has 3 fully saturated rings. The quantitative estimate of drug-likeness (QED) is 0.110. The maximum Gasteiger partial charge on any atom is 0.416 e. The Bertz CT molecular complexity index is 3530. The molecule has 26 heteroatoms. The van der Waals surface area contributed by atoms with Gasteiger partial charge in [-0.25, -0.2) is 0 Å². The first-order chi connectivity index (χ1) is 41.7. The molecule has 12 rings (SSSR count). The summed E-state index contributed by atoms with van der Waals surface area (Å²) in [6, 6.07) is 37.1. The first-order valence-corrected chi connectivity index (χ1v) is 28.9. The van der Waals surface area contributed by atoms with Crippen molar-refractivity contribution in [1.82, 2.24) is 60.6 Å². The summed E-state index contributed by atoms with van der Waals surface area (Å²) in [6.45, 7) is 0.